The third-order valence-electron chi connectivity index (χ3n) is 2.67. The summed E-state index contributed by atoms with van der Waals surface area (Å²) in [5.74, 6) is -0.0565. The van der Waals surface area contributed by atoms with Crippen LogP contribution in [0.25, 0.3) is 0 Å². The van der Waals surface area contributed by atoms with Crippen molar-refractivity contribution in [3.05, 3.63) is 18.2 Å². The van der Waals surface area contributed by atoms with Gasteiger partial charge in [0.2, 0.25) is 0 Å². The van der Waals surface area contributed by atoms with Crippen LogP contribution in [0, 0.1) is 0 Å². The molecule has 0 aromatic heterocycles. The van der Waals surface area contributed by atoms with Crippen molar-refractivity contribution in [2.24, 2.45) is 13.7 Å². The van der Waals surface area contributed by atoms with Gasteiger partial charge in [-0.1, -0.05) is 0 Å². The Labute approximate surface area is 112 Å². The Bertz CT molecular complexity index is 523. The van der Waals surface area contributed by atoms with Gasteiger partial charge in [0.1, 0.15) is 0 Å². The average Bonchev–Trinajstić information content (AvgIpc) is 2.78. The SMILES string of the molecule is CCCC(N)CC(=O)Nc1cccc2c1N=[Se]=N2. The molecule has 6 heteroatoms. The zero-order chi connectivity index (χ0) is 13.0. The number of hydrogen-bond acceptors (Lipinski definition) is 4. The van der Waals surface area contributed by atoms with Crippen molar-refractivity contribution < 1.29 is 4.79 Å². The number of rotatable bonds is 5. The van der Waals surface area contributed by atoms with Gasteiger partial charge in [-0.25, -0.2) is 0 Å². The van der Waals surface area contributed by atoms with E-state index in [0.29, 0.717) is 6.42 Å². The van der Waals surface area contributed by atoms with Crippen molar-refractivity contribution in [3.8, 4) is 0 Å². The number of carbonyl (C=O) groups excluding carboxylic acids is 1. The molecule has 0 spiro atoms. The van der Waals surface area contributed by atoms with Gasteiger partial charge in [0.05, 0.1) is 0 Å². The van der Waals surface area contributed by atoms with Gasteiger partial charge in [-0.2, -0.15) is 0 Å². The Kier molecular flexibility index (Phi) is 4.47. The van der Waals surface area contributed by atoms with Crippen LogP contribution < -0.4 is 11.1 Å². The fraction of sp³-hybridized carbons (Fsp3) is 0.417. The van der Waals surface area contributed by atoms with Gasteiger partial charge in [-0.3, -0.25) is 0 Å². The molecule has 96 valence electrons. The monoisotopic (exact) mass is 312 g/mol. The zero-order valence-electron chi connectivity index (χ0n) is 10.2. The average molecular weight is 311 g/mol. The Hall–Kier alpha value is -1.23. The first-order chi connectivity index (χ1) is 8.70. The van der Waals surface area contributed by atoms with Gasteiger partial charge in [0, 0.05) is 0 Å². The molecule has 2 rings (SSSR count). The summed E-state index contributed by atoms with van der Waals surface area (Å²) in [4.78, 5) is 11.8. The molecule has 5 nitrogen and oxygen atoms in total. The zero-order valence-corrected chi connectivity index (χ0v) is 11.9. The molecule has 18 heavy (non-hydrogen) atoms. The standard InChI is InChI=1S/C12H16N4OSe/c1-2-4-8(13)7-11(17)14-9-5-3-6-10-12(9)16-18-15-10/h3,5-6,8H,2,4,7,13H2,1H3,(H,14,17). The summed E-state index contributed by atoms with van der Waals surface area (Å²) >= 11 is -0.0816. The number of benzene rings is 1. The molecule has 1 aromatic carbocycles. The first-order valence-electron chi connectivity index (χ1n) is 5.97. The van der Waals surface area contributed by atoms with Crippen molar-refractivity contribution in [1.82, 2.24) is 0 Å². The normalized spacial score (nSPS) is 13.9. The Morgan fingerprint density at radius 1 is 1.50 bits per heavy atom. The molecule has 0 radical (unpaired) electrons. The van der Waals surface area contributed by atoms with Crippen LogP contribution >= 0.6 is 0 Å². The number of fused-ring (bicyclic) bond motifs is 1. The molecule has 3 N–H and O–H groups in total. The molecule has 1 aliphatic rings. The Morgan fingerprint density at radius 2 is 2.33 bits per heavy atom. The van der Waals surface area contributed by atoms with Crippen LogP contribution in [0.15, 0.2) is 26.1 Å². The molecule has 0 aliphatic carbocycles. The van der Waals surface area contributed by atoms with Crippen LogP contribution in [0.2, 0.25) is 0 Å². The van der Waals surface area contributed by atoms with E-state index >= 15 is 0 Å². The summed E-state index contributed by atoms with van der Waals surface area (Å²) in [5.41, 5.74) is 8.26. The second-order valence-electron chi connectivity index (χ2n) is 4.24. The first-order valence-corrected chi connectivity index (χ1v) is 7.50. The van der Waals surface area contributed by atoms with Gasteiger partial charge in [-0.05, 0) is 0 Å². The minimum absolute atomic E-state index is 0.0565. The molecular weight excluding hydrogens is 295 g/mol. The number of anilines is 1. The van der Waals surface area contributed by atoms with Crippen molar-refractivity contribution in [2.75, 3.05) is 5.32 Å². The molecule has 1 aliphatic heterocycles. The number of carbonyl (C=O) groups is 1. The molecule has 0 bridgehead atoms. The van der Waals surface area contributed by atoms with E-state index in [9.17, 15) is 4.79 Å². The molecule has 0 fully saturated rings. The van der Waals surface area contributed by atoms with Crippen molar-refractivity contribution >= 4 is 37.5 Å². The predicted molar refractivity (Wildman–Crippen MR) is 72.5 cm³/mol. The van der Waals surface area contributed by atoms with Gasteiger partial charge in [0.25, 0.3) is 0 Å². The molecule has 1 heterocycles. The number of hydrogen-bond donors (Lipinski definition) is 2. The van der Waals surface area contributed by atoms with E-state index < -0.39 is 0 Å². The summed E-state index contributed by atoms with van der Waals surface area (Å²) in [6.45, 7) is 2.06. The van der Waals surface area contributed by atoms with Crippen molar-refractivity contribution in [2.45, 2.75) is 32.2 Å². The predicted octanol–water partition coefficient (Wildman–Crippen LogP) is 2.49. The molecule has 1 unspecified atom stereocenters. The second-order valence-corrected chi connectivity index (χ2v) is 5.35. The quantitative estimate of drug-likeness (QED) is 0.832. The van der Waals surface area contributed by atoms with Crippen molar-refractivity contribution in [3.63, 3.8) is 0 Å². The van der Waals surface area contributed by atoms with E-state index in [1.807, 2.05) is 18.2 Å². The number of nitrogens with zero attached hydrogens (tertiary/aromatic N) is 2. The molecule has 1 aromatic rings. The van der Waals surface area contributed by atoms with Crippen LogP contribution in [0.1, 0.15) is 26.2 Å². The molecule has 1 atom stereocenters. The van der Waals surface area contributed by atoms with E-state index in [-0.39, 0.29) is 26.5 Å². The third kappa shape index (κ3) is 3.16. The summed E-state index contributed by atoms with van der Waals surface area (Å²) in [6.07, 6.45) is 2.20. The number of nitrogens with one attached hydrogen (secondary N) is 1. The van der Waals surface area contributed by atoms with E-state index in [4.69, 9.17) is 5.73 Å². The summed E-state index contributed by atoms with van der Waals surface area (Å²) < 4.78 is 8.60. The summed E-state index contributed by atoms with van der Waals surface area (Å²) in [6, 6.07) is 5.56. The molecular formula is C12H16N4OSe. The van der Waals surface area contributed by atoms with Crippen molar-refractivity contribution in [1.29, 1.82) is 0 Å². The van der Waals surface area contributed by atoms with Crippen LogP contribution in [0.4, 0.5) is 17.1 Å². The van der Waals surface area contributed by atoms with Gasteiger partial charge in [0.15, 0.2) is 0 Å². The Balaban J connectivity index is 2.00. The molecule has 0 saturated heterocycles. The van der Waals surface area contributed by atoms with E-state index in [0.717, 1.165) is 29.9 Å². The third-order valence-corrected chi connectivity index (χ3v) is 3.81. The van der Waals surface area contributed by atoms with Gasteiger partial charge < -0.3 is 0 Å². The van der Waals surface area contributed by atoms with Gasteiger partial charge >= 0.3 is 112 Å². The second kappa shape index (κ2) is 6.09. The molecule has 1 amide bonds. The van der Waals surface area contributed by atoms with Crippen LogP contribution in [0.3, 0.4) is 0 Å². The van der Waals surface area contributed by atoms with E-state index in [1.54, 1.807) is 0 Å². The Morgan fingerprint density at radius 3 is 3.11 bits per heavy atom. The summed E-state index contributed by atoms with van der Waals surface area (Å²) in [5, 5.41) is 2.87. The van der Waals surface area contributed by atoms with Crippen LogP contribution in [-0.4, -0.2) is 26.5 Å². The number of nitrogens with two attached hydrogens (primary N) is 1. The topological polar surface area (TPSA) is 79.8 Å². The van der Waals surface area contributed by atoms with Crippen LogP contribution in [0.5, 0.6) is 0 Å². The number of amides is 1. The van der Waals surface area contributed by atoms with Gasteiger partial charge in [-0.15, -0.1) is 0 Å². The first kappa shape index (κ1) is 13.2. The van der Waals surface area contributed by atoms with E-state index in [2.05, 4.69) is 20.2 Å². The maximum atomic E-state index is 11.8. The molecule has 0 saturated carbocycles. The summed E-state index contributed by atoms with van der Waals surface area (Å²) in [7, 11) is 0. The fourth-order valence-electron chi connectivity index (χ4n) is 1.82. The fourth-order valence-corrected chi connectivity index (χ4v) is 2.97. The van der Waals surface area contributed by atoms with E-state index in [1.165, 1.54) is 0 Å². The maximum absolute atomic E-state index is 11.8. The van der Waals surface area contributed by atoms with Crippen LogP contribution in [-0.2, 0) is 4.79 Å². The minimum atomic E-state index is -0.0816.